The van der Waals surface area contributed by atoms with Crippen LogP contribution in [0.2, 0.25) is 0 Å². The molecule has 2 N–H and O–H groups in total. The molecule has 0 aliphatic carbocycles. The van der Waals surface area contributed by atoms with Gasteiger partial charge in [-0.2, -0.15) is 0 Å². The quantitative estimate of drug-likeness (QED) is 0.898. The van der Waals surface area contributed by atoms with Crippen LogP contribution in [0, 0.1) is 11.6 Å². The maximum atomic E-state index is 13.8. The van der Waals surface area contributed by atoms with Gasteiger partial charge in [0.05, 0.1) is 0 Å². The summed E-state index contributed by atoms with van der Waals surface area (Å²) in [7, 11) is 0. The first-order chi connectivity index (χ1) is 8.97. The molecule has 0 aliphatic heterocycles. The minimum absolute atomic E-state index is 0.0400. The van der Waals surface area contributed by atoms with Crippen molar-refractivity contribution < 1.29 is 13.5 Å². The van der Waals surface area contributed by atoms with E-state index < -0.39 is 11.6 Å². The molecule has 0 saturated carbocycles. The number of halogens is 3. The summed E-state index contributed by atoms with van der Waals surface area (Å²) >= 11 is 3.20. The molecule has 100 valence electrons. The largest absolute Gasteiger partial charge is 0.451 e. The summed E-state index contributed by atoms with van der Waals surface area (Å²) in [5.74, 6) is -1.21. The summed E-state index contributed by atoms with van der Waals surface area (Å²) in [5, 5.41) is 0. The number of benzene rings is 2. The van der Waals surface area contributed by atoms with Gasteiger partial charge in [-0.15, -0.1) is 0 Å². The van der Waals surface area contributed by atoms with Gasteiger partial charge in [-0.1, -0.05) is 22.0 Å². The highest BCUT2D eigenvalue weighted by Gasteiger charge is 2.11. The van der Waals surface area contributed by atoms with Crippen LogP contribution < -0.4 is 10.5 Å². The molecular weight excluding hydrogens is 316 g/mol. The predicted molar refractivity (Wildman–Crippen MR) is 73.2 cm³/mol. The zero-order valence-corrected chi connectivity index (χ0v) is 11.7. The lowest BCUT2D eigenvalue weighted by molar-refractivity contribution is 0.413. The first kappa shape index (κ1) is 14.0. The Morgan fingerprint density at radius 1 is 1.05 bits per heavy atom. The van der Waals surface area contributed by atoms with E-state index in [4.69, 9.17) is 10.5 Å². The lowest BCUT2D eigenvalue weighted by Crippen LogP contribution is -2.05. The van der Waals surface area contributed by atoms with Gasteiger partial charge in [-0.25, -0.2) is 8.78 Å². The normalized spacial score (nSPS) is 12.3. The molecule has 0 fully saturated rings. The molecule has 2 aromatic carbocycles. The van der Waals surface area contributed by atoms with E-state index in [1.807, 2.05) is 0 Å². The van der Waals surface area contributed by atoms with Gasteiger partial charge in [0.2, 0.25) is 0 Å². The van der Waals surface area contributed by atoms with Crippen LogP contribution in [0.5, 0.6) is 11.5 Å². The summed E-state index contributed by atoms with van der Waals surface area (Å²) in [4.78, 5) is 0. The van der Waals surface area contributed by atoms with E-state index in [0.29, 0.717) is 10.0 Å². The molecule has 0 heterocycles. The molecule has 0 amide bonds. The van der Waals surface area contributed by atoms with Crippen LogP contribution in [0.3, 0.4) is 0 Å². The van der Waals surface area contributed by atoms with Crippen molar-refractivity contribution in [1.82, 2.24) is 0 Å². The Hall–Kier alpha value is -1.46. The summed E-state index contributed by atoms with van der Waals surface area (Å²) < 4.78 is 33.2. The molecule has 0 aromatic heterocycles. The van der Waals surface area contributed by atoms with E-state index in [1.165, 1.54) is 30.3 Å². The monoisotopic (exact) mass is 327 g/mol. The fourth-order valence-corrected chi connectivity index (χ4v) is 1.90. The van der Waals surface area contributed by atoms with Gasteiger partial charge in [0.25, 0.3) is 0 Å². The molecule has 5 heteroatoms. The van der Waals surface area contributed by atoms with E-state index in [9.17, 15) is 8.78 Å². The van der Waals surface area contributed by atoms with Gasteiger partial charge >= 0.3 is 0 Å². The molecule has 1 atom stereocenters. The van der Waals surface area contributed by atoms with Gasteiger partial charge in [-0.05, 0) is 42.8 Å². The Balaban J connectivity index is 2.31. The van der Waals surface area contributed by atoms with Crippen molar-refractivity contribution in [2.24, 2.45) is 5.73 Å². The first-order valence-corrected chi connectivity index (χ1v) is 6.44. The average molecular weight is 328 g/mol. The molecular formula is C14H12BrF2NO. The van der Waals surface area contributed by atoms with Crippen LogP contribution in [0.15, 0.2) is 40.9 Å². The maximum absolute atomic E-state index is 13.8. The van der Waals surface area contributed by atoms with Crippen LogP contribution in [-0.2, 0) is 0 Å². The van der Waals surface area contributed by atoms with Crippen LogP contribution in [0.4, 0.5) is 8.78 Å². The Labute approximate surface area is 118 Å². The van der Waals surface area contributed by atoms with Crippen molar-refractivity contribution >= 4 is 15.9 Å². The zero-order chi connectivity index (χ0) is 14.0. The highest BCUT2D eigenvalue weighted by atomic mass is 79.9. The third kappa shape index (κ3) is 3.30. The summed E-state index contributed by atoms with van der Waals surface area (Å²) in [5.41, 5.74) is 6.31. The van der Waals surface area contributed by atoms with E-state index >= 15 is 0 Å². The first-order valence-electron chi connectivity index (χ1n) is 5.65. The van der Waals surface area contributed by atoms with Crippen LogP contribution in [0.25, 0.3) is 0 Å². The second kappa shape index (κ2) is 5.67. The number of rotatable bonds is 3. The van der Waals surface area contributed by atoms with Gasteiger partial charge in [0, 0.05) is 10.5 Å². The molecule has 0 radical (unpaired) electrons. The highest BCUT2D eigenvalue weighted by molar-refractivity contribution is 9.10. The van der Waals surface area contributed by atoms with Crippen molar-refractivity contribution in [1.29, 1.82) is 0 Å². The van der Waals surface area contributed by atoms with Gasteiger partial charge in [0.1, 0.15) is 0 Å². The molecule has 19 heavy (non-hydrogen) atoms. The Bertz CT molecular complexity index is 602. The maximum Gasteiger partial charge on any atom is 0.166 e. The summed E-state index contributed by atoms with van der Waals surface area (Å²) in [6.07, 6.45) is 0. The van der Waals surface area contributed by atoms with E-state index in [1.54, 1.807) is 13.0 Å². The van der Waals surface area contributed by atoms with Crippen LogP contribution in [0.1, 0.15) is 18.5 Å². The topological polar surface area (TPSA) is 35.2 Å². The lowest BCUT2D eigenvalue weighted by Gasteiger charge is -2.11. The number of ether oxygens (including phenoxy) is 1. The Kier molecular flexibility index (Phi) is 4.17. The summed E-state index contributed by atoms with van der Waals surface area (Å²) in [6, 6.07) is 8.33. The number of nitrogens with two attached hydrogens (primary N) is 1. The van der Waals surface area contributed by atoms with Crippen LogP contribution >= 0.6 is 15.9 Å². The molecule has 0 aliphatic rings. The number of hydrogen-bond donors (Lipinski definition) is 1. The SMILES string of the molecule is C[C@@H](N)c1ccc(Oc2cc(Br)ccc2F)c(F)c1. The summed E-state index contributed by atoms with van der Waals surface area (Å²) in [6.45, 7) is 1.75. The minimum atomic E-state index is -0.575. The van der Waals surface area contributed by atoms with Gasteiger partial charge in [-0.3, -0.25) is 0 Å². The number of hydrogen-bond acceptors (Lipinski definition) is 2. The molecule has 2 rings (SSSR count). The standard InChI is InChI=1S/C14H12BrF2NO/c1-8(18)9-2-5-13(12(17)6-9)19-14-7-10(15)3-4-11(14)16/h2-8H,18H2,1H3/t8-/m1/s1. The van der Waals surface area contributed by atoms with Crippen molar-refractivity contribution in [3.8, 4) is 11.5 Å². The van der Waals surface area contributed by atoms with Crippen molar-refractivity contribution in [3.05, 3.63) is 58.1 Å². The lowest BCUT2D eigenvalue weighted by atomic mass is 10.1. The third-order valence-corrected chi connectivity index (χ3v) is 3.09. The second-order valence-corrected chi connectivity index (χ2v) is 5.07. The zero-order valence-electron chi connectivity index (χ0n) is 10.2. The smallest absolute Gasteiger partial charge is 0.166 e. The van der Waals surface area contributed by atoms with E-state index in [2.05, 4.69) is 15.9 Å². The van der Waals surface area contributed by atoms with E-state index in [0.717, 1.165) is 0 Å². The predicted octanol–water partition coefficient (Wildman–Crippen LogP) is 4.54. The minimum Gasteiger partial charge on any atom is -0.451 e. The van der Waals surface area contributed by atoms with Crippen molar-refractivity contribution in [3.63, 3.8) is 0 Å². The molecule has 0 saturated heterocycles. The average Bonchev–Trinajstić information content (AvgIpc) is 2.36. The molecule has 2 nitrogen and oxygen atoms in total. The van der Waals surface area contributed by atoms with Gasteiger partial charge < -0.3 is 10.5 Å². The molecule has 0 unspecified atom stereocenters. The molecule has 0 spiro atoms. The van der Waals surface area contributed by atoms with Crippen molar-refractivity contribution in [2.75, 3.05) is 0 Å². The fraction of sp³-hybridized carbons (Fsp3) is 0.143. The van der Waals surface area contributed by atoms with Crippen molar-refractivity contribution in [2.45, 2.75) is 13.0 Å². The Morgan fingerprint density at radius 2 is 1.79 bits per heavy atom. The second-order valence-electron chi connectivity index (χ2n) is 4.16. The fourth-order valence-electron chi connectivity index (χ4n) is 1.56. The Morgan fingerprint density at radius 3 is 2.42 bits per heavy atom. The highest BCUT2D eigenvalue weighted by Crippen LogP contribution is 2.30. The molecule has 0 bridgehead atoms. The third-order valence-electron chi connectivity index (χ3n) is 2.59. The molecule has 2 aromatic rings. The van der Waals surface area contributed by atoms with Gasteiger partial charge in [0.15, 0.2) is 23.1 Å². The van der Waals surface area contributed by atoms with Crippen LogP contribution in [-0.4, -0.2) is 0 Å². The van der Waals surface area contributed by atoms with E-state index in [-0.39, 0.29) is 17.5 Å².